The molecular formula is C12H18N2O. The van der Waals surface area contributed by atoms with E-state index < -0.39 is 6.10 Å². The van der Waals surface area contributed by atoms with Crippen LogP contribution in [0.3, 0.4) is 0 Å². The average molecular weight is 206 g/mol. The average Bonchev–Trinajstić information content (AvgIpc) is 2.58. The molecule has 0 aromatic carbocycles. The third-order valence-electron chi connectivity index (χ3n) is 3.61. The van der Waals surface area contributed by atoms with Crippen LogP contribution >= 0.6 is 0 Å². The molecule has 82 valence electrons. The quantitative estimate of drug-likeness (QED) is 0.807. The second kappa shape index (κ2) is 3.89. The lowest BCUT2D eigenvalue weighted by Crippen LogP contribution is -2.24. The van der Waals surface area contributed by atoms with E-state index in [9.17, 15) is 5.11 Å². The Kier molecular flexibility index (Phi) is 2.74. The minimum atomic E-state index is -0.462. The number of aliphatic hydroxyl groups excluding tert-OH is 1. The summed E-state index contributed by atoms with van der Waals surface area (Å²) in [4.78, 5) is 8.18. The molecule has 1 heterocycles. The van der Waals surface area contributed by atoms with Crippen LogP contribution in [0.4, 0.5) is 0 Å². The molecule has 1 fully saturated rings. The van der Waals surface area contributed by atoms with Crippen LogP contribution in [0.5, 0.6) is 0 Å². The lowest BCUT2D eigenvalue weighted by molar-refractivity contribution is 0.0496. The van der Waals surface area contributed by atoms with Crippen LogP contribution in [0.15, 0.2) is 18.6 Å². The Hall–Kier alpha value is -0.960. The van der Waals surface area contributed by atoms with E-state index in [1.165, 1.54) is 12.8 Å². The summed E-state index contributed by atoms with van der Waals surface area (Å²) >= 11 is 0. The molecule has 2 rings (SSSR count). The molecule has 0 bridgehead atoms. The second-order valence-corrected chi connectivity index (χ2v) is 5.06. The lowest BCUT2D eigenvalue weighted by Gasteiger charge is -2.30. The van der Waals surface area contributed by atoms with Crippen LogP contribution in [-0.4, -0.2) is 15.1 Å². The van der Waals surface area contributed by atoms with E-state index in [1.54, 1.807) is 18.6 Å². The van der Waals surface area contributed by atoms with Crippen molar-refractivity contribution < 1.29 is 5.11 Å². The molecule has 2 atom stereocenters. The maximum Gasteiger partial charge on any atom is 0.101 e. The van der Waals surface area contributed by atoms with Gasteiger partial charge in [-0.1, -0.05) is 20.3 Å². The minimum absolute atomic E-state index is 0.219. The van der Waals surface area contributed by atoms with Gasteiger partial charge < -0.3 is 5.11 Å². The number of aliphatic hydroxyl groups is 1. The van der Waals surface area contributed by atoms with Crippen molar-refractivity contribution in [2.45, 2.75) is 39.2 Å². The van der Waals surface area contributed by atoms with E-state index in [1.807, 2.05) is 0 Å². The Morgan fingerprint density at radius 1 is 1.47 bits per heavy atom. The summed E-state index contributed by atoms with van der Waals surface area (Å²) in [5, 5.41) is 10.3. The zero-order valence-corrected chi connectivity index (χ0v) is 9.35. The summed E-state index contributed by atoms with van der Waals surface area (Å²) in [6, 6.07) is 0. The summed E-state index contributed by atoms with van der Waals surface area (Å²) in [6.07, 6.45) is 7.96. The van der Waals surface area contributed by atoms with Gasteiger partial charge in [-0.3, -0.25) is 9.97 Å². The predicted molar refractivity (Wildman–Crippen MR) is 58.1 cm³/mol. The highest BCUT2D eigenvalue weighted by Gasteiger charge is 2.39. The minimum Gasteiger partial charge on any atom is -0.386 e. The first-order valence-electron chi connectivity index (χ1n) is 5.55. The summed E-state index contributed by atoms with van der Waals surface area (Å²) in [6.45, 7) is 4.45. The van der Waals surface area contributed by atoms with Gasteiger partial charge in [-0.2, -0.15) is 0 Å². The molecule has 1 N–H and O–H groups in total. The van der Waals surface area contributed by atoms with E-state index in [4.69, 9.17) is 0 Å². The third-order valence-corrected chi connectivity index (χ3v) is 3.61. The summed E-state index contributed by atoms with van der Waals surface area (Å²) in [7, 11) is 0. The van der Waals surface area contributed by atoms with Gasteiger partial charge in [0.1, 0.15) is 6.10 Å². The van der Waals surface area contributed by atoms with Crippen LogP contribution in [0.2, 0.25) is 0 Å². The molecule has 15 heavy (non-hydrogen) atoms. The van der Waals surface area contributed by atoms with Crippen molar-refractivity contribution in [2.75, 3.05) is 0 Å². The highest BCUT2D eigenvalue weighted by molar-refractivity contribution is 5.04. The second-order valence-electron chi connectivity index (χ2n) is 5.06. The Bertz CT molecular complexity index is 324. The monoisotopic (exact) mass is 206 g/mol. The van der Waals surface area contributed by atoms with E-state index in [2.05, 4.69) is 23.8 Å². The van der Waals surface area contributed by atoms with Crippen molar-refractivity contribution in [1.82, 2.24) is 9.97 Å². The molecule has 0 spiro atoms. The Labute approximate surface area is 90.6 Å². The molecule has 1 aliphatic carbocycles. The van der Waals surface area contributed by atoms with Crippen molar-refractivity contribution >= 4 is 0 Å². The summed E-state index contributed by atoms with van der Waals surface area (Å²) in [5.74, 6) is 0.314. The summed E-state index contributed by atoms with van der Waals surface area (Å²) < 4.78 is 0. The lowest BCUT2D eigenvalue weighted by atomic mass is 9.78. The molecule has 1 saturated carbocycles. The van der Waals surface area contributed by atoms with Gasteiger partial charge >= 0.3 is 0 Å². The van der Waals surface area contributed by atoms with Gasteiger partial charge in [0.2, 0.25) is 0 Å². The Morgan fingerprint density at radius 2 is 2.27 bits per heavy atom. The molecule has 0 amide bonds. The highest BCUT2D eigenvalue weighted by atomic mass is 16.3. The van der Waals surface area contributed by atoms with E-state index >= 15 is 0 Å². The molecule has 3 heteroatoms. The maximum absolute atomic E-state index is 10.3. The number of rotatable bonds is 2. The SMILES string of the molecule is CC1(C)CCCC1C(O)c1cnccn1. The predicted octanol–water partition coefficient (Wildman–Crippen LogP) is 2.34. The molecule has 0 saturated heterocycles. The van der Waals surface area contributed by atoms with Crippen LogP contribution in [-0.2, 0) is 0 Å². The Balaban J connectivity index is 2.18. The first kappa shape index (κ1) is 10.6. The van der Waals surface area contributed by atoms with Gasteiger partial charge in [0.15, 0.2) is 0 Å². The van der Waals surface area contributed by atoms with Crippen LogP contribution < -0.4 is 0 Å². The summed E-state index contributed by atoms with van der Waals surface area (Å²) in [5.41, 5.74) is 0.925. The highest BCUT2D eigenvalue weighted by Crippen LogP contribution is 2.48. The maximum atomic E-state index is 10.3. The zero-order valence-electron chi connectivity index (χ0n) is 9.35. The van der Waals surface area contributed by atoms with E-state index in [0.29, 0.717) is 11.6 Å². The number of nitrogens with zero attached hydrogens (tertiary/aromatic N) is 2. The van der Waals surface area contributed by atoms with E-state index in [-0.39, 0.29) is 5.41 Å². The number of hydrogen-bond acceptors (Lipinski definition) is 3. The van der Waals surface area contributed by atoms with Crippen molar-refractivity contribution in [1.29, 1.82) is 0 Å². The van der Waals surface area contributed by atoms with Gasteiger partial charge in [-0.25, -0.2) is 0 Å². The molecular weight excluding hydrogens is 188 g/mol. The molecule has 0 radical (unpaired) electrons. The van der Waals surface area contributed by atoms with Crippen molar-refractivity contribution in [3.63, 3.8) is 0 Å². The van der Waals surface area contributed by atoms with Crippen molar-refractivity contribution in [3.8, 4) is 0 Å². The molecule has 3 nitrogen and oxygen atoms in total. The fourth-order valence-corrected chi connectivity index (χ4v) is 2.61. The first-order valence-corrected chi connectivity index (χ1v) is 5.55. The van der Waals surface area contributed by atoms with E-state index in [0.717, 1.165) is 6.42 Å². The van der Waals surface area contributed by atoms with Crippen molar-refractivity contribution in [3.05, 3.63) is 24.3 Å². The fraction of sp³-hybridized carbons (Fsp3) is 0.667. The van der Waals surface area contributed by atoms with Crippen LogP contribution in [0.1, 0.15) is 44.9 Å². The molecule has 1 aliphatic rings. The topological polar surface area (TPSA) is 46.0 Å². The number of hydrogen-bond donors (Lipinski definition) is 1. The standard InChI is InChI=1S/C12H18N2O/c1-12(2)5-3-4-9(12)11(15)10-8-13-6-7-14-10/h6-9,11,15H,3-5H2,1-2H3. The normalized spacial score (nSPS) is 26.5. The van der Waals surface area contributed by atoms with Gasteiger partial charge in [0.25, 0.3) is 0 Å². The Morgan fingerprint density at radius 3 is 2.80 bits per heavy atom. The molecule has 0 aliphatic heterocycles. The third kappa shape index (κ3) is 2.02. The van der Waals surface area contributed by atoms with Crippen LogP contribution in [0, 0.1) is 11.3 Å². The molecule has 1 aromatic rings. The first-order chi connectivity index (χ1) is 7.11. The van der Waals surface area contributed by atoms with Gasteiger partial charge in [0, 0.05) is 12.4 Å². The zero-order chi connectivity index (χ0) is 10.9. The van der Waals surface area contributed by atoms with Crippen molar-refractivity contribution in [2.24, 2.45) is 11.3 Å². The fourth-order valence-electron chi connectivity index (χ4n) is 2.61. The van der Waals surface area contributed by atoms with Crippen LogP contribution in [0.25, 0.3) is 0 Å². The van der Waals surface area contributed by atoms with Gasteiger partial charge in [-0.15, -0.1) is 0 Å². The molecule has 2 unspecified atom stereocenters. The van der Waals surface area contributed by atoms with Gasteiger partial charge in [-0.05, 0) is 24.2 Å². The largest absolute Gasteiger partial charge is 0.386 e. The van der Waals surface area contributed by atoms with Gasteiger partial charge in [0.05, 0.1) is 11.9 Å². The number of aromatic nitrogens is 2. The smallest absolute Gasteiger partial charge is 0.101 e. The molecule has 1 aromatic heterocycles.